The van der Waals surface area contributed by atoms with E-state index in [4.69, 9.17) is 11.6 Å². The molecule has 1 N–H and O–H groups in total. The normalized spacial score (nSPS) is 12.7. The van der Waals surface area contributed by atoms with E-state index in [9.17, 15) is 4.39 Å². The van der Waals surface area contributed by atoms with Crippen molar-refractivity contribution in [1.29, 1.82) is 0 Å². The summed E-state index contributed by atoms with van der Waals surface area (Å²) in [6.07, 6.45) is 3.89. The molecule has 96 valence electrons. The van der Waals surface area contributed by atoms with E-state index in [0.29, 0.717) is 23.0 Å². The molecule has 0 heterocycles. The van der Waals surface area contributed by atoms with Crippen molar-refractivity contribution in [1.82, 2.24) is 5.32 Å². The molecular weight excluding hydrogens is 237 g/mol. The maximum Gasteiger partial charge on any atom is 0.127 e. The molecule has 0 aliphatic rings. The van der Waals surface area contributed by atoms with Crippen LogP contribution in [0.2, 0.25) is 5.02 Å². The van der Waals surface area contributed by atoms with Crippen molar-refractivity contribution >= 4 is 11.6 Å². The molecular formula is C14H21ClFN. The number of rotatable bonds is 7. The third-order valence-corrected chi connectivity index (χ3v) is 3.19. The molecule has 0 spiro atoms. The first-order chi connectivity index (χ1) is 8.19. The van der Waals surface area contributed by atoms with Crippen LogP contribution in [0.25, 0.3) is 0 Å². The Morgan fingerprint density at radius 1 is 1.29 bits per heavy atom. The van der Waals surface area contributed by atoms with Gasteiger partial charge in [0.1, 0.15) is 5.82 Å². The van der Waals surface area contributed by atoms with Crippen molar-refractivity contribution in [2.45, 2.75) is 45.6 Å². The monoisotopic (exact) mass is 257 g/mol. The van der Waals surface area contributed by atoms with E-state index >= 15 is 0 Å². The van der Waals surface area contributed by atoms with Crippen LogP contribution < -0.4 is 5.32 Å². The first-order valence-corrected chi connectivity index (χ1v) is 6.73. The fourth-order valence-electron chi connectivity index (χ4n) is 1.95. The molecule has 0 fully saturated rings. The molecule has 1 nitrogen and oxygen atoms in total. The predicted octanol–water partition coefficient (Wildman–Crippen LogP) is 4.19. The average Bonchev–Trinajstić information content (AvgIpc) is 2.31. The van der Waals surface area contributed by atoms with Crippen LogP contribution in [0.5, 0.6) is 0 Å². The smallest absolute Gasteiger partial charge is 0.127 e. The van der Waals surface area contributed by atoms with Gasteiger partial charge in [-0.05, 0) is 37.9 Å². The average molecular weight is 258 g/mol. The van der Waals surface area contributed by atoms with Crippen molar-refractivity contribution in [2.75, 3.05) is 6.54 Å². The summed E-state index contributed by atoms with van der Waals surface area (Å²) in [5, 5.41) is 3.98. The number of benzene rings is 1. The van der Waals surface area contributed by atoms with E-state index in [0.717, 1.165) is 25.8 Å². The molecule has 1 aromatic carbocycles. The van der Waals surface area contributed by atoms with Gasteiger partial charge in [-0.3, -0.25) is 0 Å². The Labute approximate surface area is 108 Å². The highest BCUT2D eigenvalue weighted by molar-refractivity contribution is 6.31. The molecule has 0 amide bonds. The van der Waals surface area contributed by atoms with Gasteiger partial charge in [-0.25, -0.2) is 4.39 Å². The summed E-state index contributed by atoms with van der Waals surface area (Å²) < 4.78 is 13.7. The SMILES string of the molecule is CCCNC(CCC)Cc1c(F)cccc1Cl. The molecule has 17 heavy (non-hydrogen) atoms. The van der Waals surface area contributed by atoms with Crippen molar-refractivity contribution < 1.29 is 4.39 Å². The number of halogens is 2. The number of hydrogen-bond acceptors (Lipinski definition) is 1. The zero-order chi connectivity index (χ0) is 12.7. The molecule has 1 rings (SSSR count). The summed E-state index contributed by atoms with van der Waals surface area (Å²) in [5.74, 6) is -0.197. The lowest BCUT2D eigenvalue weighted by Gasteiger charge is -2.18. The van der Waals surface area contributed by atoms with Gasteiger partial charge in [0.2, 0.25) is 0 Å². The Kier molecular flexibility index (Phi) is 6.53. The number of nitrogens with one attached hydrogen (secondary N) is 1. The molecule has 3 heteroatoms. The van der Waals surface area contributed by atoms with E-state index in [1.54, 1.807) is 12.1 Å². The third kappa shape index (κ3) is 4.64. The van der Waals surface area contributed by atoms with Crippen LogP contribution in [-0.4, -0.2) is 12.6 Å². The summed E-state index contributed by atoms with van der Waals surface area (Å²) >= 11 is 6.04. The molecule has 0 saturated carbocycles. The van der Waals surface area contributed by atoms with Crippen molar-refractivity contribution in [3.8, 4) is 0 Å². The minimum Gasteiger partial charge on any atom is -0.314 e. The van der Waals surface area contributed by atoms with Crippen molar-refractivity contribution in [3.05, 3.63) is 34.6 Å². The Hall–Kier alpha value is -0.600. The van der Waals surface area contributed by atoms with E-state index in [-0.39, 0.29) is 5.82 Å². The second kappa shape index (κ2) is 7.67. The van der Waals surface area contributed by atoms with Gasteiger partial charge >= 0.3 is 0 Å². The Bertz CT molecular complexity index is 321. The first kappa shape index (κ1) is 14.5. The Morgan fingerprint density at radius 3 is 2.65 bits per heavy atom. The molecule has 1 aromatic rings. The lowest BCUT2D eigenvalue weighted by Crippen LogP contribution is -2.32. The van der Waals surface area contributed by atoms with Crippen LogP contribution in [0.1, 0.15) is 38.7 Å². The van der Waals surface area contributed by atoms with Crippen molar-refractivity contribution in [3.63, 3.8) is 0 Å². The lowest BCUT2D eigenvalue weighted by atomic mass is 10.0. The quantitative estimate of drug-likeness (QED) is 0.772. The van der Waals surface area contributed by atoms with E-state index < -0.39 is 0 Å². The molecule has 0 bridgehead atoms. The molecule has 1 unspecified atom stereocenters. The summed E-state index contributed by atoms with van der Waals surface area (Å²) in [6, 6.07) is 5.19. The summed E-state index contributed by atoms with van der Waals surface area (Å²) in [6.45, 7) is 5.24. The van der Waals surface area contributed by atoms with Crippen LogP contribution >= 0.6 is 11.6 Å². The van der Waals surface area contributed by atoms with E-state index in [1.165, 1.54) is 6.07 Å². The minimum atomic E-state index is -0.197. The zero-order valence-electron chi connectivity index (χ0n) is 10.6. The van der Waals surface area contributed by atoms with E-state index in [2.05, 4.69) is 19.2 Å². The van der Waals surface area contributed by atoms with Crippen LogP contribution in [0, 0.1) is 5.82 Å². The van der Waals surface area contributed by atoms with Crippen LogP contribution in [0.3, 0.4) is 0 Å². The maximum atomic E-state index is 13.7. The van der Waals surface area contributed by atoms with Gasteiger partial charge < -0.3 is 5.32 Å². The standard InChI is InChI=1S/C14H21ClFN/c1-3-6-11(17-9-4-2)10-12-13(15)7-5-8-14(12)16/h5,7-8,11,17H,3-4,6,9-10H2,1-2H3. The van der Waals surface area contributed by atoms with Gasteiger partial charge in [0, 0.05) is 16.6 Å². The summed E-state index contributed by atoms with van der Waals surface area (Å²) in [5.41, 5.74) is 0.635. The summed E-state index contributed by atoms with van der Waals surface area (Å²) in [7, 11) is 0. The van der Waals surface area contributed by atoms with Crippen LogP contribution in [0.4, 0.5) is 4.39 Å². The molecule has 1 atom stereocenters. The first-order valence-electron chi connectivity index (χ1n) is 6.35. The zero-order valence-corrected chi connectivity index (χ0v) is 11.4. The van der Waals surface area contributed by atoms with Crippen LogP contribution in [0.15, 0.2) is 18.2 Å². The highest BCUT2D eigenvalue weighted by atomic mass is 35.5. The molecule has 0 saturated heterocycles. The second-order valence-corrected chi connectivity index (χ2v) is 4.75. The van der Waals surface area contributed by atoms with Gasteiger partial charge in [0.25, 0.3) is 0 Å². The molecule has 0 aliphatic carbocycles. The fraction of sp³-hybridized carbons (Fsp3) is 0.571. The Morgan fingerprint density at radius 2 is 2.06 bits per heavy atom. The highest BCUT2D eigenvalue weighted by Crippen LogP contribution is 2.21. The molecule has 0 aliphatic heterocycles. The van der Waals surface area contributed by atoms with Gasteiger partial charge in [0.15, 0.2) is 0 Å². The van der Waals surface area contributed by atoms with Gasteiger partial charge in [-0.2, -0.15) is 0 Å². The fourth-order valence-corrected chi connectivity index (χ4v) is 2.19. The maximum absolute atomic E-state index is 13.7. The summed E-state index contributed by atoms with van der Waals surface area (Å²) in [4.78, 5) is 0. The predicted molar refractivity (Wildman–Crippen MR) is 72.1 cm³/mol. The van der Waals surface area contributed by atoms with E-state index in [1.807, 2.05) is 0 Å². The molecule has 0 aromatic heterocycles. The lowest BCUT2D eigenvalue weighted by molar-refractivity contribution is 0.464. The number of hydrogen-bond donors (Lipinski definition) is 1. The van der Waals surface area contributed by atoms with Crippen LogP contribution in [-0.2, 0) is 6.42 Å². The van der Waals surface area contributed by atoms with Gasteiger partial charge in [-0.1, -0.05) is 37.9 Å². The third-order valence-electron chi connectivity index (χ3n) is 2.83. The molecule has 0 radical (unpaired) electrons. The van der Waals surface area contributed by atoms with Crippen molar-refractivity contribution in [2.24, 2.45) is 0 Å². The largest absolute Gasteiger partial charge is 0.314 e. The van der Waals surface area contributed by atoms with Gasteiger partial charge in [0.05, 0.1) is 0 Å². The Balaban J connectivity index is 2.70. The van der Waals surface area contributed by atoms with Gasteiger partial charge in [-0.15, -0.1) is 0 Å². The second-order valence-electron chi connectivity index (χ2n) is 4.34. The highest BCUT2D eigenvalue weighted by Gasteiger charge is 2.13. The topological polar surface area (TPSA) is 12.0 Å². The minimum absolute atomic E-state index is 0.197.